The second-order valence-corrected chi connectivity index (χ2v) is 7.38. The fourth-order valence-corrected chi connectivity index (χ4v) is 3.49. The van der Waals surface area contributed by atoms with Crippen molar-refractivity contribution in [1.29, 1.82) is 0 Å². The zero-order valence-corrected chi connectivity index (χ0v) is 17.1. The summed E-state index contributed by atoms with van der Waals surface area (Å²) in [6.45, 7) is 1.79. The molecule has 0 bridgehead atoms. The van der Waals surface area contributed by atoms with Crippen molar-refractivity contribution in [2.24, 2.45) is 0 Å². The van der Waals surface area contributed by atoms with E-state index in [-0.39, 0.29) is 11.4 Å². The van der Waals surface area contributed by atoms with Crippen molar-refractivity contribution in [3.05, 3.63) is 105 Å². The molecule has 0 saturated heterocycles. The topological polar surface area (TPSA) is 34.9 Å². The lowest BCUT2D eigenvalue weighted by molar-refractivity contribution is -0.137. The minimum absolute atomic E-state index is 0.284. The van der Waals surface area contributed by atoms with Crippen LogP contribution in [0.5, 0.6) is 0 Å². The summed E-state index contributed by atoms with van der Waals surface area (Å²) in [6, 6.07) is 17.1. The Morgan fingerprint density at radius 2 is 1.71 bits per heavy atom. The lowest BCUT2D eigenvalue weighted by atomic mass is 10.1. The van der Waals surface area contributed by atoms with Crippen molar-refractivity contribution in [3.8, 4) is 5.69 Å². The number of para-hydroxylation sites is 1. The number of aromatic nitrogens is 2. The van der Waals surface area contributed by atoms with Gasteiger partial charge in [0.05, 0.1) is 22.2 Å². The van der Waals surface area contributed by atoms with E-state index in [1.165, 1.54) is 22.8 Å². The van der Waals surface area contributed by atoms with Gasteiger partial charge in [0.2, 0.25) is 0 Å². The highest BCUT2D eigenvalue weighted by Crippen LogP contribution is 2.30. The average molecular weight is 441 g/mol. The van der Waals surface area contributed by atoms with Crippen LogP contribution < -0.4 is 5.56 Å². The maximum Gasteiger partial charge on any atom is 0.416 e. The molecule has 31 heavy (non-hydrogen) atoms. The van der Waals surface area contributed by atoms with E-state index in [1.54, 1.807) is 55.5 Å². The molecule has 0 atom stereocenters. The average Bonchev–Trinajstić information content (AvgIpc) is 2.74. The molecule has 3 aromatic carbocycles. The van der Waals surface area contributed by atoms with Crippen LogP contribution in [0.1, 0.15) is 22.5 Å². The lowest BCUT2D eigenvalue weighted by Gasteiger charge is -2.14. The molecular formula is C24H16ClF3N2O. The van der Waals surface area contributed by atoms with E-state index >= 15 is 0 Å². The van der Waals surface area contributed by atoms with Crippen LogP contribution in [0.2, 0.25) is 5.02 Å². The zero-order chi connectivity index (χ0) is 22.2. The maximum absolute atomic E-state index is 13.3. The third kappa shape index (κ3) is 4.11. The number of nitrogens with zero attached hydrogens (tertiary/aromatic N) is 2. The molecule has 0 aliphatic carbocycles. The van der Waals surface area contributed by atoms with E-state index in [9.17, 15) is 18.0 Å². The van der Waals surface area contributed by atoms with Gasteiger partial charge in [-0.25, -0.2) is 4.98 Å². The fraction of sp³-hybridized carbons (Fsp3) is 0.0833. The maximum atomic E-state index is 13.3. The Balaban J connectivity index is 1.93. The van der Waals surface area contributed by atoms with Crippen LogP contribution >= 0.6 is 11.6 Å². The molecule has 0 unspecified atom stereocenters. The first-order chi connectivity index (χ1) is 14.8. The molecule has 0 fully saturated rings. The highest BCUT2D eigenvalue weighted by Gasteiger charge is 2.30. The van der Waals surface area contributed by atoms with E-state index in [4.69, 9.17) is 11.6 Å². The Kier molecular flexibility index (Phi) is 5.41. The fourth-order valence-electron chi connectivity index (χ4n) is 3.32. The molecule has 7 heteroatoms. The SMILES string of the molecule is Cc1c(Cl)cccc1-n1c(C=Cc2cccc(C(F)(F)F)c2)nc2ccccc2c1=O. The first kappa shape index (κ1) is 20.9. The first-order valence-electron chi connectivity index (χ1n) is 9.38. The molecule has 3 nitrogen and oxygen atoms in total. The van der Waals surface area contributed by atoms with Crippen LogP contribution in [-0.4, -0.2) is 9.55 Å². The molecule has 0 amide bonds. The van der Waals surface area contributed by atoms with Crippen LogP contribution in [0.25, 0.3) is 28.7 Å². The Morgan fingerprint density at radius 1 is 0.968 bits per heavy atom. The van der Waals surface area contributed by atoms with Gasteiger partial charge in [0.25, 0.3) is 5.56 Å². The zero-order valence-electron chi connectivity index (χ0n) is 16.3. The third-order valence-electron chi connectivity index (χ3n) is 4.92. The molecule has 156 valence electrons. The van der Waals surface area contributed by atoms with Gasteiger partial charge < -0.3 is 0 Å². The minimum Gasteiger partial charge on any atom is -0.268 e. The molecule has 0 saturated carbocycles. The molecule has 0 aliphatic heterocycles. The molecular weight excluding hydrogens is 425 g/mol. The number of halogens is 4. The highest BCUT2D eigenvalue weighted by molar-refractivity contribution is 6.31. The van der Waals surface area contributed by atoms with Crippen LogP contribution in [-0.2, 0) is 6.18 Å². The molecule has 0 radical (unpaired) electrons. The van der Waals surface area contributed by atoms with Crippen molar-refractivity contribution in [2.45, 2.75) is 13.1 Å². The van der Waals surface area contributed by atoms with Gasteiger partial charge in [0.1, 0.15) is 5.82 Å². The Morgan fingerprint density at radius 3 is 2.48 bits per heavy atom. The second kappa shape index (κ2) is 8.04. The van der Waals surface area contributed by atoms with Gasteiger partial charge in [-0.05, 0) is 60.5 Å². The Bertz CT molecular complexity index is 1370. The summed E-state index contributed by atoms with van der Waals surface area (Å²) in [4.78, 5) is 17.9. The number of hydrogen-bond donors (Lipinski definition) is 0. The molecule has 1 heterocycles. The van der Waals surface area contributed by atoms with E-state index in [0.717, 1.165) is 12.1 Å². The monoisotopic (exact) mass is 440 g/mol. The van der Waals surface area contributed by atoms with Crippen LogP contribution in [0.15, 0.2) is 71.5 Å². The quantitative estimate of drug-likeness (QED) is 0.362. The highest BCUT2D eigenvalue weighted by atomic mass is 35.5. The molecule has 0 spiro atoms. The van der Waals surface area contributed by atoms with Gasteiger partial charge in [0, 0.05) is 5.02 Å². The van der Waals surface area contributed by atoms with Crippen molar-refractivity contribution in [2.75, 3.05) is 0 Å². The second-order valence-electron chi connectivity index (χ2n) is 6.97. The van der Waals surface area contributed by atoms with Crippen molar-refractivity contribution in [1.82, 2.24) is 9.55 Å². The van der Waals surface area contributed by atoms with Crippen LogP contribution in [0.3, 0.4) is 0 Å². The summed E-state index contributed by atoms with van der Waals surface area (Å²) in [5.74, 6) is 0.284. The summed E-state index contributed by atoms with van der Waals surface area (Å²) in [6.07, 6.45) is -1.41. The predicted molar refractivity (Wildman–Crippen MR) is 117 cm³/mol. The van der Waals surface area contributed by atoms with Crippen molar-refractivity contribution in [3.63, 3.8) is 0 Å². The van der Waals surface area contributed by atoms with E-state index in [1.807, 2.05) is 0 Å². The van der Waals surface area contributed by atoms with Gasteiger partial charge in [-0.3, -0.25) is 9.36 Å². The summed E-state index contributed by atoms with van der Waals surface area (Å²) in [5.41, 5.74) is 1.04. The predicted octanol–water partition coefficient (Wildman–Crippen LogP) is 6.54. The van der Waals surface area contributed by atoms with Crippen molar-refractivity contribution >= 4 is 34.7 Å². The third-order valence-corrected chi connectivity index (χ3v) is 5.33. The van der Waals surface area contributed by atoms with E-state index in [2.05, 4.69) is 4.98 Å². The summed E-state index contributed by atoms with van der Waals surface area (Å²) in [5, 5.41) is 0.920. The normalized spacial score (nSPS) is 12.0. The summed E-state index contributed by atoms with van der Waals surface area (Å²) in [7, 11) is 0. The van der Waals surface area contributed by atoms with Gasteiger partial charge in [0.15, 0.2) is 0 Å². The number of benzene rings is 3. The Labute approximate surface area is 181 Å². The first-order valence-corrected chi connectivity index (χ1v) is 9.76. The standard InChI is InChI=1S/C24H16ClF3N2O/c1-15-19(25)9-5-11-21(15)30-22(29-20-10-3-2-8-18(20)23(30)31)13-12-16-6-4-7-17(14-16)24(26,27)28/h2-14H,1H3. The van der Waals surface area contributed by atoms with Gasteiger partial charge in [-0.1, -0.05) is 48.0 Å². The Hall–Kier alpha value is -3.38. The smallest absolute Gasteiger partial charge is 0.268 e. The molecule has 0 aliphatic rings. The van der Waals surface area contributed by atoms with Crippen molar-refractivity contribution < 1.29 is 13.2 Å². The number of alkyl halides is 3. The molecule has 1 aromatic heterocycles. The van der Waals surface area contributed by atoms with Crippen LogP contribution in [0, 0.1) is 6.92 Å². The van der Waals surface area contributed by atoms with Gasteiger partial charge in [-0.2, -0.15) is 13.2 Å². The largest absolute Gasteiger partial charge is 0.416 e. The molecule has 4 aromatic rings. The number of fused-ring (bicyclic) bond motifs is 1. The molecule has 4 rings (SSSR count). The summed E-state index contributed by atoms with van der Waals surface area (Å²) >= 11 is 6.26. The van der Waals surface area contributed by atoms with E-state index < -0.39 is 11.7 Å². The van der Waals surface area contributed by atoms with E-state index in [0.29, 0.717) is 32.7 Å². The van der Waals surface area contributed by atoms with Crippen LogP contribution in [0.4, 0.5) is 13.2 Å². The lowest BCUT2D eigenvalue weighted by Crippen LogP contribution is -2.23. The van der Waals surface area contributed by atoms with Gasteiger partial charge >= 0.3 is 6.18 Å². The number of rotatable bonds is 3. The van der Waals surface area contributed by atoms with Gasteiger partial charge in [-0.15, -0.1) is 0 Å². The summed E-state index contributed by atoms with van der Waals surface area (Å²) < 4.78 is 40.5. The minimum atomic E-state index is -4.44. The number of hydrogen-bond acceptors (Lipinski definition) is 2. The molecule has 0 N–H and O–H groups in total.